The van der Waals surface area contributed by atoms with Crippen LogP contribution in [0.2, 0.25) is 0 Å². The van der Waals surface area contributed by atoms with Crippen molar-refractivity contribution < 1.29 is 4.74 Å². The minimum Gasteiger partial charge on any atom is -0.383 e. The molecule has 0 saturated heterocycles. The average molecular weight is 251 g/mol. The highest BCUT2D eigenvalue weighted by Gasteiger charge is 2.19. The molecule has 2 N–H and O–H groups in total. The van der Waals surface area contributed by atoms with Crippen LogP contribution in [-0.2, 0) is 30.8 Å². The van der Waals surface area contributed by atoms with Gasteiger partial charge in [0, 0.05) is 51.0 Å². The van der Waals surface area contributed by atoms with Gasteiger partial charge in [-0.05, 0) is 18.7 Å². The highest BCUT2D eigenvalue weighted by Crippen LogP contribution is 2.17. The summed E-state index contributed by atoms with van der Waals surface area (Å²) in [5.41, 5.74) is 8.76. The molecule has 0 saturated carbocycles. The lowest BCUT2D eigenvalue weighted by atomic mass is 10.0. The fourth-order valence-electron chi connectivity index (χ4n) is 2.49. The van der Waals surface area contributed by atoms with E-state index >= 15 is 0 Å². The summed E-state index contributed by atoms with van der Waals surface area (Å²) in [5.74, 6) is 0. The van der Waals surface area contributed by atoms with Crippen LogP contribution in [0.3, 0.4) is 0 Å². The molecule has 18 heavy (non-hydrogen) atoms. The Kier molecular flexibility index (Phi) is 4.16. The van der Waals surface area contributed by atoms with Gasteiger partial charge in [0.2, 0.25) is 0 Å². The number of hydrogen-bond acceptors (Lipinski definition) is 4. The van der Waals surface area contributed by atoms with Gasteiger partial charge in [-0.25, -0.2) is 0 Å². The third kappa shape index (κ3) is 2.48. The molecule has 2 rings (SSSR count). The van der Waals surface area contributed by atoms with Gasteiger partial charge in [-0.3, -0.25) is 4.79 Å². The van der Waals surface area contributed by atoms with Crippen LogP contribution in [0.15, 0.2) is 10.9 Å². The normalized spacial score (nSPS) is 15.7. The van der Waals surface area contributed by atoms with E-state index in [-0.39, 0.29) is 5.56 Å². The molecule has 100 valence electrons. The number of likely N-dealkylation sites (N-methyl/N-ethyl adjacent to an activating group) is 1. The predicted octanol–water partition coefficient (Wildman–Crippen LogP) is -0.0587. The highest BCUT2D eigenvalue weighted by atomic mass is 16.5. The lowest BCUT2D eigenvalue weighted by Gasteiger charge is -2.28. The molecule has 1 aromatic heterocycles. The van der Waals surface area contributed by atoms with Crippen molar-refractivity contribution in [3.63, 3.8) is 0 Å². The lowest BCUT2D eigenvalue weighted by Crippen LogP contribution is -2.36. The molecule has 1 aliphatic rings. The zero-order valence-electron chi connectivity index (χ0n) is 11.1. The van der Waals surface area contributed by atoms with Crippen molar-refractivity contribution in [2.45, 2.75) is 26.1 Å². The molecule has 5 heteroatoms. The molecule has 1 aromatic rings. The van der Waals surface area contributed by atoms with Crippen LogP contribution in [0, 0.1) is 0 Å². The van der Waals surface area contributed by atoms with E-state index in [4.69, 9.17) is 10.5 Å². The van der Waals surface area contributed by atoms with E-state index in [1.807, 2.05) is 10.6 Å². The van der Waals surface area contributed by atoms with E-state index in [1.165, 1.54) is 5.56 Å². The minimum atomic E-state index is 0.0397. The largest absolute Gasteiger partial charge is 0.383 e. The van der Waals surface area contributed by atoms with Crippen molar-refractivity contribution >= 4 is 0 Å². The molecule has 5 nitrogen and oxygen atoms in total. The Balaban J connectivity index is 2.47. The van der Waals surface area contributed by atoms with Gasteiger partial charge < -0.3 is 19.9 Å². The number of fused-ring (bicyclic) bond motifs is 1. The van der Waals surface area contributed by atoms with Gasteiger partial charge in [-0.15, -0.1) is 0 Å². The lowest BCUT2D eigenvalue weighted by molar-refractivity contribution is 0.183. The van der Waals surface area contributed by atoms with E-state index < -0.39 is 0 Å². The highest BCUT2D eigenvalue weighted by molar-refractivity contribution is 5.29. The second-order valence-corrected chi connectivity index (χ2v) is 4.78. The maximum atomic E-state index is 12.3. The Hall–Kier alpha value is -1.17. The van der Waals surface area contributed by atoms with Crippen LogP contribution in [-0.4, -0.2) is 36.8 Å². The van der Waals surface area contributed by atoms with Crippen molar-refractivity contribution in [3.05, 3.63) is 33.2 Å². The molecular formula is C13H21N3O2. The monoisotopic (exact) mass is 251 g/mol. The summed E-state index contributed by atoms with van der Waals surface area (Å²) in [6.07, 6.45) is 0.912. The van der Waals surface area contributed by atoms with Gasteiger partial charge in [0.15, 0.2) is 0 Å². The first-order valence-corrected chi connectivity index (χ1v) is 6.29. The number of rotatable bonds is 4. The molecule has 0 fully saturated rings. The number of nitrogens with zero attached hydrogens (tertiary/aromatic N) is 2. The molecule has 0 aliphatic carbocycles. The van der Waals surface area contributed by atoms with E-state index in [0.717, 1.165) is 25.2 Å². The summed E-state index contributed by atoms with van der Waals surface area (Å²) in [4.78, 5) is 14.5. The van der Waals surface area contributed by atoms with Gasteiger partial charge in [-0.2, -0.15) is 0 Å². The number of hydrogen-bond donors (Lipinski definition) is 1. The second kappa shape index (κ2) is 5.65. The van der Waals surface area contributed by atoms with Gasteiger partial charge in [0.1, 0.15) is 0 Å². The summed E-state index contributed by atoms with van der Waals surface area (Å²) < 4.78 is 6.93. The fraction of sp³-hybridized carbons (Fsp3) is 0.615. The molecule has 0 aromatic carbocycles. The summed E-state index contributed by atoms with van der Waals surface area (Å²) in [6, 6.07) is 1.97. The second-order valence-electron chi connectivity index (χ2n) is 4.78. The molecule has 0 amide bonds. The number of nitrogens with two attached hydrogens (primary N) is 1. The van der Waals surface area contributed by atoms with Crippen LogP contribution in [0.4, 0.5) is 0 Å². The first-order chi connectivity index (χ1) is 8.67. The first-order valence-electron chi connectivity index (χ1n) is 6.29. The Morgan fingerprint density at radius 3 is 2.94 bits per heavy atom. The summed E-state index contributed by atoms with van der Waals surface area (Å²) in [5, 5.41) is 0. The topological polar surface area (TPSA) is 60.5 Å². The number of pyridine rings is 1. The molecule has 0 bridgehead atoms. The van der Waals surface area contributed by atoms with Gasteiger partial charge in [0.25, 0.3) is 5.56 Å². The van der Waals surface area contributed by atoms with Gasteiger partial charge in [-0.1, -0.05) is 0 Å². The van der Waals surface area contributed by atoms with Crippen molar-refractivity contribution in [1.29, 1.82) is 0 Å². The molecular weight excluding hydrogens is 230 g/mol. The average Bonchev–Trinajstić information content (AvgIpc) is 2.37. The van der Waals surface area contributed by atoms with Crippen molar-refractivity contribution in [2.75, 3.05) is 27.3 Å². The Morgan fingerprint density at radius 2 is 2.28 bits per heavy atom. The Bertz CT molecular complexity index is 482. The summed E-state index contributed by atoms with van der Waals surface area (Å²) in [6.45, 7) is 3.32. The zero-order chi connectivity index (χ0) is 13.1. The predicted molar refractivity (Wildman–Crippen MR) is 70.5 cm³/mol. The standard InChI is InChI=1S/C13H21N3O2/c1-15-4-3-12-11(9-15)7-10(8-14)13(17)16(12)5-6-18-2/h7H,3-6,8-9,14H2,1-2H3. The maximum Gasteiger partial charge on any atom is 0.255 e. The summed E-state index contributed by atoms with van der Waals surface area (Å²) >= 11 is 0. The van der Waals surface area contributed by atoms with E-state index in [0.29, 0.717) is 25.3 Å². The maximum absolute atomic E-state index is 12.3. The van der Waals surface area contributed by atoms with Crippen LogP contribution in [0.25, 0.3) is 0 Å². The Morgan fingerprint density at radius 1 is 1.50 bits per heavy atom. The molecule has 0 unspecified atom stereocenters. The molecule has 2 heterocycles. The smallest absolute Gasteiger partial charge is 0.255 e. The van der Waals surface area contributed by atoms with Crippen LogP contribution < -0.4 is 11.3 Å². The number of aromatic nitrogens is 1. The third-order valence-corrected chi connectivity index (χ3v) is 3.47. The molecule has 0 radical (unpaired) electrons. The zero-order valence-corrected chi connectivity index (χ0v) is 11.1. The molecule has 0 atom stereocenters. The van der Waals surface area contributed by atoms with E-state index in [2.05, 4.69) is 11.9 Å². The first kappa shape index (κ1) is 13.3. The van der Waals surface area contributed by atoms with Crippen LogP contribution in [0.5, 0.6) is 0 Å². The van der Waals surface area contributed by atoms with Gasteiger partial charge in [0.05, 0.1) is 6.61 Å². The number of methoxy groups -OCH3 is 1. The van der Waals surface area contributed by atoms with Crippen molar-refractivity contribution in [1.82, 2.24) is 9.47 Å². The fourth-order valence-corrected chi connectivity index (χ4v) is 2.49. The third-order valence-electron chi connectivity index (χ3n) is 3.47. The van der Waals surface area contributed by atoms with Crippen molar-refractivity contribution in [3.8, 4) is 0 Å². The Labute approximate surface area is 107 Å². The van der Waals surface area contributed by atoms with Crippen LogP contribution >= 0.6 is 0 Å². The SMILES string of the molecule is COCCn1c2c(cc(CN)c1=O)CN(C)CC2. The molecule has 1 aliphatic heterocycles. The number of ether oxygens (including phenoxy) is 1. The minimum absolute atomic E-state index is 0.0397. The van der Waals surface area contributed by atoms with E-state index in [1.54, 1.807) is 7.11 Å². The van der Waals surface area contributed by atoms with Crippen LogP contribution in [0.1, 0.15) is 16.8 Å². The quantitative estimate of drug-likeness (QED) is 0.814. The summed E-state index contributed by atoms with van der Waals surface area (Å²) in [7, 11) is 3.74. The molecule has 0 spiro atoms. The van der Waals surface area contributed by atoms with E-state index in [9.17, 15) is 4.79 Å². The van der Waals surface area contributed by atoms with Gasteiger partial charge >= 0.3 is 0 Å². The van der Waals surface area contributed by atoms with Crippen molar-refractivity contribution in [2.24, 2.45) is 5.73 Å².